The van der Waals surface area contributed by atoms with E-state index in [1.54, 1.807) is 6.07 Å². The van der Waals surface area contributed by atoms with Crippen LogP contribution >= 0.6 is 0 Å². The second kappa shape index (κ2) is 6.21. The number of fused-ring (bicyclic) bond motifs is 2. The number of piperidine rings is 2. The number of alkyl halides is 3. The first-order valence-corrected chi connectivity index (χ1v) is 8.18. The van der Waals surface area contributed by atoms with Crippen LogP contribution in [0.2, 0.25) is 0 Å². The van der Waals surface area contributed by atoms with Gasteiger partial charge in [-0.2, -0.15) is 18.4 Å². The largest absolute Gasteiger partial charge is 0.416 e. The maximum absolute atomic E-state index is 12.8. The normalized spacial score (nSPS) is 27.5. The number of nitrogens with zero attached hydrogens (tertiary/aromatic N) is 2. The van der Waals surface area contributed by atoms with Crippen LogP contribution in [0.5, 0.6) is 0 Å². The van der Waals surface area contributed by atoms with E-state index in [1.165, 1.54) is 0 Å². The fraction of sp³-hybridized carbons (Fsp3) is 0.556. The first kappa shape index (κ1) is 17.0. The number of ketones is 1. The average Bonchev–Trinajstić information content (AvgIpc) is 2.52. The molecule has 2 saturated heterocycles. The molecule has 2 bridgehead atoms. The molecule has 0 amide bonds. The number of hydrogen-bond acceptors (Lipinski definition) is 3. The summed E-state index contributed by atoms with van der Waals surface area (Å²) in [6.45, 7) is 0. The van der Waals surface area contributed by atoms with Gasteiger partial charge in [-0.1, -0.05) is 6.42 Å². The van der Waals surface area contributed by atoms with Crippen molar-refractivity contribution in [3.05, 3.63) is 34.9 Å². The summed E-state index contributed by atoms with van der Waals surface area (Å²) in [5.41, 5.74) is -0.951. The highest BCUT2D eigenvalue weighted by atomic mass is 19.4. The second-order valence-electron chi connectivity index (χ2n) is 6.81. The van der Waals surface area contributed by atoms with Crippen LogP contribution in [-0.2, 0) is 6.18 Å². The molecule has 0 N–H and O–H groups in total. The zero-order valence-electron chi connectivity index (χ0n) is 13.4. The molecule has 24 heavy (non-hydrogen) atoms. The van der Waals surface area contributed by atoms with Gasteiger partial charge in [-0.25, -0.2) is 0 Å². The van der Waals surface area contributed by atoms with Gasteiger partial charge in [0.05, 0.1) is 17.2 Å². The van der Waals surface area contributed by atoms with E-state index in [0.717, 1.165) is 50.3 Å². The zero-order chi connectivity index (χ0) is 17.5. The molecule has 2 aliphatic heterocycles. The van der Waals surface area contributed by atoms with Gasteiger partial charge in [-0.05, 0) is 50.9 Å². The molecule has 2 unspecified atom stereocenters. The van der Waals surface area contributed by atoms with Crippen LogP contribution in [0.1, 0.15) is 53.6 Å². The number of Topliss-reactive ketones (excluding diaryl/α,β-unsaturated/α-hetero) is 1. The summed E-state index contributed by atoms with van der Waals surface area (Å²) in [6, 6.07) is 5.30. The predicted octanol–water partition coefficient (Wildman–Crippen LogP) is 4.02. The number of halogens is 3. The molecule has 2 atom stereocenters. The van der Waals surface area contributed by atoms with Gasteiger partial charge < -0.3 is 4.90 Å². The molecule has 1 aromatic carbocycles. The molecule has 0 spiro atoms. The van der Waals surface area contributed by atoms with Crippen molar-refractivity contribution >= 4 is 5.78 Å². The Kier molecular flexibility index (Phi) is 4.39. The molecule has 0 radical (unpaired) electrons. The van der Waals surface area contributed by atoms with Gasteiger partial charge in [0.2, 0.25) is 0 Å². The van der Waals surface area contributed by atoms with E-state index in [9.17, 15) is 23.2 Å². The van der Waals surface area contributed by atoms with Crippen molar-refractivity contribution in [2.75, 3.05) is 7.05 Å². The third-order valence-corrected chi connectivity index (χ3v) is 5.44. The van der Waals surface area contributed by atoms with E-state index < -0.39 is 11.7 Å². The van der Waals surface area contributed by atoms with Gasteiger partial charge >= 0.3 is 6.18 Å². The monoisotopic (exact) mass is 336 g/mol. The van der Waals surface area contributed by atoms with Crippen LogP contribution in [0.4, 0.5) is 13.2 Å². The minimum absolute atomic E-state index is 0.123. The van der Waals surface area contributed by atoms with E-state index in [2.05, 4.69) is 11.9 Å². The molecule has 0 aliphatic carbocycles. The predicted molar refractivity (Wildman–Crippen MR) is 82.4 cm³/mol. The van der Waals surface area contributed by atoms with Gasteiger partial charge in [-0.3, -0.25) is 4.79 Å². The van der Waals surface area contributed by atoms with Gasteiger partial charge in [0.15, 0.2) is 5.78 Å². The lowest BCUT2D eigenvalue weighted by Gasteiger charge is -2.46. The van der Waals surface area contributed by atoms with E-state index in [-0.39, 0.29) is 22.8 Å². The lowest BCUT2D eigenvalue weighted by atomic mass is 9.75. The van der Waals surface area contributed by atoms with Crippen LogP contribution in [0.15, 0.2) is 18.2 Å². The Morgan fingerprint density at radius 1 is 1.25 bits per heavy atom. The van der Waals surface area contributed by atoms with Crippen molar-refractivity contribution in [2.24, 2.45) is 5.92 Å². The summed E-state index contributed by atoms with van der Waals surface area (Å²) in [7, 11) is 2.08. The highest BCUT2D eigenvalue weighted by Crippen LogP contribution is 2.38. The highest BCUT2D eigenvalue weighted by molar-refractivity contribution is 6.00. The Labute approximate surface area is 139 Å². The summed E-state index contributed by atoms with van der Waals surface area (Å²) in [4.78, 5) is 15.2. The topological polar surface area (TPSA) is 44.1 Å². The van der Waals surface area contributed by atoms with Crippen LogP contribution < -0.4 is 0 Å². The number of nitriles is 1. The SMILES string of the molecule is CN1C2CCCC1CC(C(=O)c1ccc(C(F)(F)F)cc1C#N)C2. The smallest absolute Gasteiger partial charge is 0.300 e. The molecule has 2 aliphatic rings. The molecular formula is C18H19F3N2O. The molecule has 0 saturated carbocycles. The summed E-state index contributed by atoms with van der Waals surface area (Å²) in [5.74, 6) is -0.398. The van der Waals surface area contributed by atoms with Crippen molar-refractivity contribution in [3.63, 3.8) is 0 Å². The fourth-order valence-electron chi connectivity index (χ4n) is 4.08. The van der Waals surface area contributed by atoms with Crippen LogP contribution in [0, 0.1) is 17.2 Å². The molecule has 0 aromatic heterocycles. The molecular weight excluding hydrogens is 317 g/mol. The fourth-order valence-corrected chi connectivity index (χ4v) is 4.08. The Morgan fingerprint density at radius 2 is 1.88 bits per heavy atom. The molecule has 3 rings (SSSR count). The number of carbonyl (C=O) groups is 1. The number of carbonyl (C=O) groups excluding carboxylic acids is 1. The first-order valence-electron chi connectivity index (χ1n) is 8.18. The standard InChI is InChI=1S/C18H19F3N2O/c1-23-14-3-2-4-15(23)9-11(8-14)17(24)16-6-5-13(18(19,20)21)7-12(16)10-22/h5-7,11,14-15H,2-4,8-9H2,1H3. The van der Waals surface area contributed by atoms with Crippen molar-refractivity contribution in [1.29, 1.82) is 5.26 Å². The van der Waals surface area contributed by atoms with Gasteiger partial charge in [0, 0.05) is 23.6 Å². The van der Waals surface area contributed by atoms with E-state index >= 15 is 0 Å². The van der Waals surface area contributed by atoms with Crippen LogP contribution in [0.25, 0.3) is 0 Å². The molecule has 2 heterocycles. The Morgan fingerprint density at radius 3 is 2.42 bits per heavy atom. The van der Waals surface area contributed by atoms with Crippen molar-refractivity contribution in [1.82, 2.24) is 4.90 Å². The number of hydrogen-bond donors (Lipinski definition) is 0. The minimum Gasteiger partial charge on any atom is -0.300 e. The number of rotatable bonds is 2. The maximum Gasteiger partial charge on any atom is 0.416 e. The minimum atomic E-state index is -4.52. The lowest BCUT2D eigenvalue weighted by Crippen LogP contribution is -2.51. The summed E-state index contributed by atoms with van der Waals surface area (Å²) < 4.78 is 38.4. The number of benzene rings is 1. The highest BCUT2D eigenvalue weighted by Gasteiger charge is 2.39. The Hall–Kier alpha value is -1.87. The van der Waals surface area contributed by atoms with Gasteiger partial charge in [0.25, 0.3) is 0 Å². The van der Waals surface area contributed by atoms with E-state index in [4.69, 9.17) is 0 Å². The van der Waals surface area contributed by atoms with Crippen LogP contribution in [-0.4, -0.2) is 29.8 Å². The average molecular weight is 336 g/mol. The first-order chi connectivity index (χ1) is 11.3. The van der Waals surface area contributed by atoms with Crippen LogP contribution in [0.3, 0.4) is 0 Å². The summed E-state index contributed by atoms with van der Waals surface area (Å²) in [6.07, 6.45) is 0.182. The molecule has 1 aromatic rings. The van der Waals surface area contributed by atoms with Gasteiger partial charge in [-0.15, -0.1) is 0 Å². The molecule has 3 nitrogen and oxygen atoms in total. The Balaban J connectivity index is 1.87. The van der Waals surface area contributed by atoms with Crippen molar-refractivity contribution < 1.29 is 18.0 Å². The van der Waals surface area contributed by atoms with Crippen molar-refractivity contribution in [3.8, 4) is 6.07 Å². The summed E-state index contributed by atoms with van der Waals surface area (Å²) in [5, 5.41) is 9.18. The van der Waals surface area contributed by atoms with E-state index in [0.29, 0.717) is 12.1 Å². The van der Waals surface area contributed by atoms with Gasteiger partial charge in [0.1, 0.15) is 0 Å². The van der Waals surface area contributed by atoms with Crippen molar-refractivity contribution in [2.45, 2.75) is 50.4 Å². The van der Waals surface area contributed by atoms with E-state index in [1.807, 2.05) is 0 Å². The zero-order valence-corrected chi connectivity index (χ0v) is 13.4. The quantitative estimate of drug-likeness (QED) is 0.766. The molecule has 2 fully saturated rings. The third kappa shape index (κ3) is 3.05. The summed E-state index contributed by atoms with van der Waals surface area (Å²) >= 11 is 0. The molecule has 6 heteroatoms. The maximum atomic E-state index is 12.8. The second-order valence-corrected chi connectivity index (χ2v) is 6.81. The Bertz CT molecular complexity index is 678. The third-order valence-electron chi connectivity index (χ3n) is 5.44. The lowest BCUT2D eigenvalue weighted by molar-refractivity contribution is -0.137. The molecule has 128 valence electrons.